The third kappa shape index (κ3) is 1.49. The number of hydrogen-bond acceptors (Lipinski definition) is 3. The molecule has 2 aliphatic rings. The predicted octanol–water partition coefficient (Wildman–Crippen LogP) is 0.232. The van der Waals surface area contributed by atoms with Gasteiger partial charge < -0.3 is 9.84 Å². The van der Waals surface area contributed by atoms with E-state index >= 15 is 0 Å². The minimum atomic E-state index is 0.316. The van der Waals surface area contributed by atoms with E-state index in [2.05, 4.69) is 4.90 Å². The summed E-state index contributed by atoms with van der Waals surface area (Å²) < 4.78 is 5.34. The zero-order chi connectivity index (χ0) is 8.39. The molecule has 2 aliphatic heterocycles. The van der Waals surface area contributed by atoms with Crippen LogP contribution in [0.1, 0.15) is 19.3 Å². The second kappa shape index (κ2) is 3.73. The molecule has 0 aromatic rings. The van der Waals surface area contributed by atoms with Gasteiger partial charge in [-0.15, -0.1) is 0 Å². The van der Waals surface area contributed by atoms with Crippen LogP contribution in [0.15, 0.2) is 0 Å². The van der Waals surface area contributed by atoms with Crippen LogP contribution in [0.4, 0.5) is 0 Å². The molecule has 0 aromatic heterocycles. The van der Waals surface area contributed by atoms with Crippen LogP contribution in [0.2, 0.25) is 0 Å². The summed E-state index contributed by atoms with van der Waals surface area (Å²) in [5.74, 6) is 0. The molecule has 0 spiro atoms. The summed E-state index contributed by atoms with van der Waals surface area (Å²) in [6.07, 6.45) is 3.55. The second-order valence-corrected chi connectivity index (χ2v) is 3.73. The van der Waals surface area contributed by atoms with Crippen molar-refractivity contribution in [1.82, 2.24) is 4.90 Å². The lowest BCUT2D eigenvalue weighted by Crippen LogP contribution is -2.41. The highest BCUT2D eigenvalue weighted by atomic mass is 16.5. The van der Waals surface area contributed by atoms with Crippen LogP contribution in [0, 0.1) is 0 Å². The SMILES string of the molecule is OCC1CCCN1C1CCOC1. The van der Waals surface area contributed by atoms with Crippen molar-refractivity contribution in [2.45, 2.75) is 31.3 Å². The van der Waals surface area contributed by atoms with E-state index < -0.39 is 0 Å². The molecule has 2 heterocycles. The van der Waals surface area contributed by atoms with Crippen molar-refractivity contribution in [2.75, 3.05) is 26.4 Å². The van der Waals surface area contributed by atoms with Crippen LogP contribution in [0.3, 0.4) is 0 Å². The lowest BCUT2D eigenvalue weighted by atomic mass is 10.2. The summed E-state index contributed by atoms with van der Waals surface area (Å²) >= 11 is 0. The van der Waals surface area contributed by atoms with Crippen molar-refractivity contribution >= 4 is 0 Å². The summed E-state index contributed by atoms with van der Waals surface area (Å²) in [6.45, 7) is 3.24. The molecule has 2 rings (SSSR count). The lowest BCUT2D eigenvalue weighted by molar-refractivity contribution is 0.102. The first kappa shape index (κ1) is 8.48. The quantitative estimate of drug-likeness (QED) is 0.645. The highest BCUT2D eigenvalue weighted by molar-refractivity contribution is 4.86. The van der Waals surface area contributed by atoms with Gasteiger partial charge in [0.05, 0.1) is 13.2 Å². The van der Waals surface area contributed by atoms with Crippen molar-refractivity contribution in [3.63, 3.8) is 0 Å². The summed E-state index contributed by atoms with van der Waals surface area (Å²) in [5, 5.41) is 9.11. The molecule has 3 heteroatoms. The van der Waals surface area contributed by atoms with Crippen LogP contribution in [-0.2, 0) is 4.74 Å². The van der Waals surface area contributed by atoms with Crippen molar-refractivity contribution in [2.24, 2.45) is 0 Å². The number of aliphatic hydroxyl groups excluding tert-OH is 1. The predicted molar refractivity (Wildman–Crippen MR) is 46.0 cm³/mol. The van der Waals surface area contributed by atoms with E-state index in [0.29, 0.717) is 18.7 Å². The molecule has 2 atom stereocenters. The molecule has 0 aliphatic carbocycles. The average Bonchev–Trinajstić information content (AvgIpc) is 2.74. The van der Waals surface area contributed by atoms with Crippen molar-refractivity contribution in [3.8, 4) is 0 Å². The number of nitrogens with zero attached hydrogens (tertiary/aromatic N) is 1. The summed E-state index contributed by atoms with van der Waals surface area (Å²) in [6, 6.07) is 1.00. The van der Waals surface area contributed by atoms with E-state index in [1.165, 1.54) is 6.42 Å². The number of hydrogen-bond donors (Lipinski definition) is 1. The highest BCUT2D eigenvalue weighted by Gasteiger charge is 2.31. The fourth-order valence-electron chi connectivity index (χ4n) is 2.32. The van der Waals surface area contributed by atoms with E-state index in [0.717, 1.165) is 32.6 Å². The maximum atomic E-state index is 9.11. The number of rotatable bonds is 2. The second-order valence-electron chi connectivity index (χ2n) is 3.73. The highest BCUT2D eigenvalue weighted by Crippen LogP contribution is 2.23. The molecule has 70 valence electrons. The Hall–Kier alpha value is -0.120. The van der Waals surface area contributed by atoms with Crippen LogP contribution < -0.4 is 0 Å². The summed E-state index contributed by atoms with van der Waals surface area (Å²) in [7, 11) is 0. The molecule has 2 unspecified atom stereocenters. The Kier molecular flexibility index (Phi) is 2.63. The van der Waals surface area contributed by atoms with Gasteiger partial charge in [-0.25, -0.2) is 0 Å². The Morgan fingerprint density at radius 2 is 2.33 bits per heavy atom. The van der Waals surface area contributed by atoms with Crippen molar-refractivity contribution in [3.05, 3.63) is 0 Å². The number of aliphatic hydroxyl groups is 1. The Balaban J connectivity index is 1.92. The maximum Gasteiger partial charge on any atom is 0.0622 e. The van der Waals surface area contributed by atoms with Gasteiger partial charge in [0, 0.05) is 18.7 Å². The normalized spacial score (nSPS) is 37.8. The van der Waals surface area contributed by atoms with E-state index in [1.807, 2.05) is 0 Å². The van der Waals surface area contributed by atoms with Gasteiger partial charge in [0.15, 0.2) is 0 Å². The van der Waals surface area contributed by atoms with Crippen LogP contribution in [0.25, 0.3) is 0 Å². The Morgan fingerprint density at radius 3 is 3.00 bits per heavy atom. The summed E-state index contributed by atoms with van der Waals surface area (Å²) in [5.41, 5.74) is 0. The third-order valence-corrected chi connectivity index (χ3v) is 3.01. The average molecular weight is 171 g/mol. The first-order chi connectivity index (χ1) is 5.92. The van der Waals surface area contributed by atoms with Gasteiger partial charge in [-0.05, 0) is 25.8 Å². The maximum absolute atomic E-state index is 9.11. The summed E-state index contributed by atoms with van der Waals surface area (Å²) in [4.78, 5) is 2.42. The molecule has 1 N–H and O–H groups in total. The van der Waals surface area contributed by atoms with E-state index in [-0.39, 0.29) is 0 Å². The minimum Gasteiger partial charge on any atom is -0.395 e. The van der Waals surface area contributed by atoms with Gasteiger partial charge in [-0.3, -0.25) is 4.90 Å². The van der Waals surface area contributed by atoms with Gasteiger partial charge in [0.2, 0.25) is 0 Å². The van der Waals surface area contributed by atoms with Gasteiger partial charge in [0.25, 0.3) is 0 Å². The monoisotopic (exact) mass is 171 g/mol. The fraction of sp³-hybridized carbons (Fsp3) is 1.00. The number of ether oxygens (including phenoxy) is 1. The van der Waals surface area contributed by atoms with Crippen molar-refractivity contribution < 1.29 is 9.84 Å². The van der Waals surface area contributed by atoms with Gasteiger partial charge in [-0.1, -0.05) is 0 Å². The third-order valence-electron chi connectivity index (χ3n) is 3.01. The molecular weight excluding hydrogens is 154 g/mol. The Bertz CT molecular complexity index is 145. The topological polar surface area (TPSA) is 32.7 Å². The van der Waals surface area contributed by atoms with E-state index in [9.17, 15) is 0 Å². The standard InChI is InChI=1S/C9H17NO2/c11-6-8-2-1-4-10(8)9-3-5-12-7-9/h8-9,11H,1-7H2. The molecule has 3 nitrogen and oxygen atoms in total. The molecule has 0 bridgehead atoms. The van der Waals surface area contributed by atoms with E-state index in [1.54, 1.807) is 0 Å². The molecule has 2 fully saturated rings. The van der Waals surface area contributed by atoms with Gasteiger partial charge >= 0.3 is 0 Å². The molecule has 2 saturated heterocycles. The van der Waals surface area contributed by atoms with Gasteiger partial charge in [-0.2, -0.15) is 0 Å². The Labute approximate surface area is 73.3 Å². The Morgan fingerprint density at radius 1 is 1.42 bits per heavy atom. The lowest BCUT2D eigenvalue weighted by Gasteiger charge is -2.27. The number of likely N-dealkylation sites (tertiary alicyclic amines) is 1. The molecule has 0 aromatic carbocycles. The zero-order valence-electron chi connectivity index (χ0n) is 7.41. The van der Waals surface area contributed by atoms with Crippen LogP contribution in [0.5, 0.6) is 0 Å². The first-order valence-corrected chi connectivity index (χ1v) is 4.86. The zero-order valence-corrected chi connectivity index (χ0v) is 7.41. The largest absolute Gasteiger partial charge is 0.395 e. The van der Waals surface area contributed by atoms with Crippen molar-refractivity contribution in [1.29, 1.82) is 0 Å². The fourth-order valence-corrected chi connectivity index (χ4v) is 2.32. The molecule has 0 amide bonds. The molecular formula is C9H17NO2. The minimum absolute atomic E-state index is 0.316. The van der Waals surface area contributed by atoms with E-state index in [4.69, 9.17) is 9.84 Å². The first-order valence-electron chi connectivity index (χ1n) is 4.86. The molecule has 0 radical (unpaired) electrons. The van der Waals surface area contributed by atoms with Crippen LogP contribution >= 0.6 is 0 Å². The smallest absolute Gasteiger partial charge is 0.0622 e. The van der Waals surface area contributed by atoms with Gasteiger partial charge in [0.1, 0.15) is 0 Å². The molecule has 0 saturated carbocycles. The molecule has 12 heavy (non-hydrogen) atoms. The van der Waals surface area contributed by atoms with Crippen LogP contribution in [-0.4, -0.2) is 48.5 Å².